The summed E-state index contributed by atoms with van der Waals surface area (Å²) in [6, 6.07) is 0. The number of phosphoric ester groups is 2. The number of aliphatic hydroxyl groups excluding tert-OH is 2. The minimum atomic E-state index is -4.93. The van der Waals surface area contributed by atoms with Crippen LogP contribution in [0.4, 0.5) is 0 Å². The van der Waals surface area contributed by atoms with Crippen LogP contribution < -0.4 is 0 Å². The number of aliphatic hydroxyl groups is 2. The lowest BCUT2D eigenvalue weighted by Crippen LogP contribution is -2.30. The number of rotatable bonds is 73. The van der Waals surface area contributed by atoms with Gasteiger partial charge in [-0.25, -0.2) is 9.13 Å². The molecule has 0 rings (SSSR count). The van der Waals surface area contributed by atoms with Crippen molar-refractivity contribution in [2.75, 3.05) is 39.6 Å². The first kappa shape index (κ1) is 93.5. The largest absolute Gasteiger partial charge is 0.472 e. The summed E-state index contributed by atoms with van der Waals surface area (Å²) in [7, 11) is -9.78. The molecule has 0 aliphatic carbocycles. The summed E-state index contributed by atoms with van der Waals surface area (Å²) in [5.41, 5.74) is 0. The molecule has 97 heavy (non-hydrogen) atoms. The van der Waals surface area contributed by atoms with E-state index < -0.39 is 91.5 Å². The van der Waals surface area contributed by atoms with Gasteiger partial charge in [0.15, 0.2) is 6.10 Å². The van der Waals surface area contributed by atoms with E-state index in [2.05, 4.69) is 118 Å². The Morgan fingerprint density at radius 3 is 0.897 bits per heavy atom. The van der Waals surface area contributed by atoms with Crippen molar-refractivity contribution in [2.45, 2.75) is 347 Å². The highest BCUT2D eigenvalue weighted by Crippen LogP contribution is 2.45. The Kier molecular flexibility index (Phi) is 69.6. The Balaban J connectivity index is 4.36. The number of hydrogen-bond acceptors (Lipinski definition) is 14. The second-order valence-corrected chi connectivity index (χ2v) is 28.7. The number of esters is 3. The molecule has 18 heteroatoms. The van der Waals surface area contributed by atoms with E-state index in [-0.39, 0.29) is 19.3 Å². The molecule has 0 aromatic rings. The average Bonchev–Trinajstić information content (AvgIpc) is 1.49. The minimum absolute atomic E-state index is 0.0930. The number of ether oxygens (including phenoxy) is 3. The predicted octanol–water partition coefficient (Wildman–Crippen LogP) is 22.2. The molecule has 0 amide bonds. The molecule has 16 nitrogen and oxygen atoms in total. The lowest BCUT2D eigenvalue weighted by molar-refractivity contribution is -0.161. The fourth-order valence-electron chi connectivity index (χ4n) is 10.4. The molecule has 562 valence electrons. The van der Waals surface area contributed by atoms with Crippen molar-refractivity contribution in [1.82, 2.24) is 0 Å². The SMILES string of the molecule is CC/C=C\C/C=C\C/C=C\C/C=C\C/C=C\CCCCCCCCCCCCCCCCCCCC(=O)OCC(O)COP(=O)(O)OCC(O)COP(=O)(O)OCC(COC(=O)CCCCCCC/C=C\C/C=C\CCCCC)OC(=O)CCCCCCC/C=C\CCCCCC. The van der Waals surface area contributed by atoms with Crippen LogP contribution in [-0.2, 0) is 55.8 Å². The second kappa shape index (κ2) is 72.3. The molecular weight excluding hydrogens is 1270 g/mol. The fourth-order valence-corrected chi connectivity index (χ4v) is 12.0. The quantitative estimate of drug-likeness (QED) is 0.0146. The van der Waals surface area contributed by atoms with Gasteiger partial charge in [0, 0.05) is 19.3 Å². The van der Waals surface area contributed by atoms with E-state index in [0.717, 1.165) is 135 Å². The van der Waals surface area contributed by atoms with E-state index in [1.807, 2.05) is 0 Å². The zero-order valence-corrected chi connectivity index (χ0v) is 63.0. The topological polar surface area (TPSA) is 231 Å². The van der Waals surface area contributed by atoms with Crippen LogP contribution in [0.1, 0.15) is 329 Å². The number of unbranched alkanes of at least 4 members (excludes halogenated alkanes) is 34. The van der Waals surface area contributed by atoms with Crippen molar-refractivity contribution in [3.63, 3.8) is 0 Å². The summed E-state index contributed by atoms with van der Waals surface area (Å²) in [4.78, 5) is 58.4. The predicted molar refractivity (Wildman–Crippen MR) is 399 cm³/mol. The summed E-state index contributed by atoms with van der Waals surface area (Å²) in [5.74, 6) is -1.59. The van der Waals surface area contributed by atoms with Crippen LogP contribution in [0.3, 0.4) is 0 Å². The molecule has 0 saturated carbocycles. The maximum atomic E-state index is 12.9. The lowest BCUT2D eigenvalue weighted by atomic mass is 10.0. The Bertz CT molecular complexity index is 2150. The first-order valence-electron chi connectivity index (χ1n) is 38.5. The van der Waals surface area contributed by atoms with Crippen LogP contribution in [0.2, 0.25) is 0 Å². The molecule has 0 heterocycles. The van der Waals surface area contributed by atoms with Crippen molar-refractivity contribution in [3.8, 4) is 0 Å². The summed E-state index contributed by atoms with van der Waals surface area (Å²) in [6.07, 6.45) is 82.0. The van der Waals surface area contributed by atoms with Crippen LogP contribution in [-0.4, -0.2) is 95.9 Å². The van der Waals surface area contributed by atoms with Gasteiger partial charge in [-0.05, 0) is 122 Å². The van der Waals surface area contributed by atoms with Gasteiger partial charge in [0.2, 0.25) is 0 Å². The number of hydrogen-bond donors (Lipinski definition) is 4. The standard InChI is InChI=1S/C79H140O16P2/c1-4-7-10-13-16-19-22-25-27-28-29-30-31-32-33-34-35-36-37-38-39-40-41-42-43-44-46-49-50-53-56-59-62-65-77(82)89-68-74(80)69-91-96(85,86)92-70-75(81)71-93-97(87,88)94-73-76(95-79(84)67-64-61-58-55-52-47-24-21-18-15-12-9-6-3)72-90-78(83)66-63-60-57-54-51-48-45-26-23-20-17-14-11-8-5-2/h7,10,16-17,19-21,24-27,29-30,32-33,45,74-76,80-81H,4-6,8-9,11-15,18,22-23,28,31,34-44,46-73H2,1-3H3,(H,85,86)(H,87,88)/b10-7-,19-16-,20-17-,24-21-,27-25-,30-29-,33-32-,45-26-. The third kappa shape index (κ3) is 73.5. The van der Waals surface area contributed by atoms with Gasteiger partial charge in [-0.15, -0.1) is 0 Å². The zero-order chi connectivity index (χ0) is 70.9. The van der Waals surface area contributed by atoms with E-state index >= 15 is 0 Å². The Morgan fingerprint density at radius 2 is 0.546 bits per heavy atom. The fraction of sp³-hybridized carbons (Fsp3) is 0.759. The van der Waals surface area contributed by atoms with E-state index in [0.29, 0.717) is 19.3 Å². The molecular formula is C79H140O16P2. The van der Waals surface area contributed by atoms with Gasteiger partial charge >= 0.3 is 33.6 Å². The molecule has 5 atom stereocenters. The molecule has 0 aromatic heterocycles. The highest BCUT2D eigenvalue weighted by molar-refractivity contribution is 7.47. The zero-order valence-electron chi connectivity index (χ0n) is 61.2. The van der Waals surface area contributed by atoms with E-state index in [1.54, 1.807) is 0 Å². The number of phosphoric acid groups is 2. The molecule has 0 bridgehead atoms. The molecule has 0 aliphatic rings. The van der Waals surface area contributed by atoms with E-state index in [4.69, 9.17) is 32.3 Å². The molecule has 0 radical (unpaired) electrons. The molecule has 0 fully saturated rings. The van der Waals surface area contributed by atoms with Crippen LogP contribution in [0.15, 0.2) is 97.2 Å². The smallest absolute Gasteiger partial charge is 0.463 e. The summed E-state index contributed by atoms with van der Waals surface area (Å²) >= 11 is 0. The first-order valence-corrected chi connectivity index (χ1v) is 41.5. The summed E-state index contributed by atoms with van der Waals surface area (Å²) < 4.78 is 61.0. The van der Waals surface area contributed by atoms with Crippen LogP contribution >= 0.6 is 15.6 Å². The Hall–Kier alpha value is -3.53. The highest BCUT2D eigenvalue weighted by atomic mass is 31.2. The van der Waals surface area contributed by atoms with Gasteiger partial charge in [0.25, 0.3) is 0 Å². The van der Waals surface area contributed by atoms with Gasteiger partial charge in [-0.2, -0.15) is 0 Å². The van der Waals surface area contributed by atoms with Crippen LogP contribution in [0.5, 0.6) is 0 Å². The molecule has 5 unspecified atom stereocenters. The van der Waals surface area contributed by atoms with Crippen LogP contribution in [0.25, 0.3) is 0 Å². The molecule has 0 spiro atoms. The molecule has 4 N–H and O–H groups in total. The van der Waals surface area contributed by atoms with Crippen molar-refractivity contribution in [3.05, 3.63) is 97.2 Å². The van der Waals surface area contributed by atoms with Gasteiger partial charge in [-0.3, -0.25) is 32.5 Å². The Labute approximate surface area is 590 Å². The Morgan fingerprint density at radius 1 is 0.299 bits per heavy atom. The second-order valence-electron chi connectivity index (χ2n) is 25.8. The van der Waals surface area contributed by atoms with Crippen LogP contribution in [0, 0.1) is 0 Å². The maximum Gasteiger partial charge on any atom is 0.472 e. The van der Waals surface area contributed by atoms with Crippen molar-refractivity contribution in [2.24, 2.45) is 0 Å². The normalized spacial score (nSPS) is 14.6. The lowest BCUT2D eigenvalue weighted by Gasteiger charge is -2.21. The van der Waals surface area contributed by atoms with Gasteiger partial charge in [0.05, 0.1) is 26.4 Å². The summed E-state index contributed by atoms with van der Waals surface area (Å²) in [6.45, 7) is 2.52. The van der Waals surface area contributed by atoms with Gasteiger partial charge < -0.3 is 34.2 Å². The first-order chi connectivity index (χ1) is 47.2. The third-order valence-corrected chi connectivity index (χ3v) is 18.2. The summed E-state index contributed by atoms with van der Waals surface area (Å²) in [5, 5.41) is 20.6. The molecule has 0 aliphatic heterocycles. The minimum Gasteiger partial charge on any atom is -0.463 e. The monoisotopic (exact) mass is 1410 g/mol. The highest BCUT2D eigenvalue weighted by Gasteiger charge is 2.29. The molecule has 0 aromatic carbocycles. The maximum absolute atomic E-state index is 12.9. The van der Waals surface area contributed by atoms with Crippen molar-refractivity contribution in [1.29, 1.82) is 0 Å². The van der Waals surface area contributed by atoms with Gasteiger partial charge in [-0.1, -0.05) is 285 Å². The van der Waals surface area contributed by atoms with E-state index in [1.165, 1.54) is 135 Å². The molecule has 0 saturated heterocycles. The van der Waals surface area contributed by atoms with E-state index in [9.17, 15) is 43.5 Å². The third-order valence-electron chi connectivity index (χ3n) is 16.3. The number of carbonyl (C=O) groups excluding carboxylic acids is 3. The average molecular weight is 1410 g/mol. The number of allylic oxidation sites excluding steroid dienone is 16. The number of carbonyl (C=O) groups is 3. The van der Waals surface area contributed by atoms with Crippen molar-refractivity contribution < 1.29 is 75.8 Å². The van der Waals surface area contributed by atoms with Crippen molar-refractivity contribution >= 4 is 33.6 Å². The van der Waals surface area contributed by atoms with Gasteiger partial charge in [0.1, 0.15) is 25.4 Å².